The van der Waals surface area contributed by atoms with Crippen molar-refractivity contribution >= 4 is 109 Å². The van der Waals surface area contributed by atoms with E-state index in [1.54, 1.807) is 56.4 Å². The molecule has 10 rings (SSSR count). The molecule has 2 aliphatic rings. The van der Waals surface area contributed by atoms with E-state index in [0.717, 1.165) is 38.5 Å². The lowest BCUT2D eigenvalue weighted by molar-refractivity contribution is 0.321. The highest BCUT2D eigenvalue weighted by molar-refractivity contribution is 14.1. The van der Waals surface area contributed by atoms with Crippen LogP contribution in [0.15, 0.2) is 123 Å². The number of nitrogens with zero attached hydrogens (tertiary/aromatic N) is 8. The van der Waals surface area contributed by atoms with Crippen LogP contribution in [0.3, 0.4) is 0 Å². The molecule has 2 aliphatic carbocycles. The van der Waals surface area contributed by atoms with E-state index >= 15 is 4.39 Å². The summed E-state index contributed by atoms with van der Waals surface area (Å²) in [6, 6.07) is 21.7. The summed E-state index contributed by atoms with van der Waals surface area (Å²) in [6.45, 7) is 22.0. The van der Waals surface area contributed by atoms with Crippen LogP contribution in [0.5, 0.6) is 11.5 Å². The van der Waals surface area contributed by atoms with Crippen LogP contribution in [0.1, 0.15) is 102 Å². The predicted octanol–water partition coefficient (Wildman–Crippen LogP) is 10.4. The monoisotopic (exact) mass is 1550 g/mol. The van der Waals surface area contributed by atoms with Gasteiger partial charge in [-0.1, -0.05) is 70.0 Å². The third-order valence-corrected chi connectivity index (χ3v) is 17.8. The Hall–Kier alpha value is -6.53. The number of benzene rings is 4. The molecular weight excluding hydrogens is 1480 g/mol. The topological polar surface area (TPSA) is 269 Å². The molecule has 4 heterocycles. The van der Waals surface area contributed by atoms with Crippen LogP contribution in [0.25, 0.3) is 33.4 Å². The van der Waals surface area contributed by atoms with Crippen molar-refractivity contribution in [2.45, 2.75) is 117 Å². The maximum absolute atomic E-state index is 15.2. The second-order valence-electron chi connectivity index (χ2n) is 19.9. The Labute approximate surface area is 556 Å². The molecule has 2 saturated carbocycles. The minimum Gasteiger partial charge on any atom is -0.506 e. The number of nitrogens with one attached hydrogen (secondary N) is 1. The number of rotatable bonds is 11. The molecular formula is C61H71Cl2F2I2N9O12S2. The molecule has 0 bridgehead atoms. The number of aromatic hydroxyl groups is 1. The summed E-state index contributed by atoms with van der Waals surface area (Å²) in [6.07, 6.45) is 2.42. The quantitative estimate of drug-likeness (QED) is 0.0527. The standard InChI is InChI=1S/C25H21FIN3O6S.C18H15FIN3O4.C7H7ClO2S.C6H15N.C2H3N.C2H6.CH4ClN/c1-13-4-9-17(10-5-13)37(34,35)36-21-14(2)23(31)28(3)22-20(21)24(32)29(16-7-8-16)25(33)30(22)19-11-6-15(27)12-18(19)26;1-8-14(24)13-15(21(2)16(8)25)23(12-6-3-9(20)7-11(12)19)18(27)22(17(13)26)10-4-5-10;1-6-2-4-7(5-3-6)11(8,9)10;1-4-7(5-2)6-3;1-2-3;1-2;1-3-2/h4-6,9-12,16H,7-8H2,1-3H3;3,6-7,10,24H,4-5H2,1-2H3;2-5H,1H3;4-6H2,1-3H3;1H3;1-2H3;3H,1H3. The van der Waals surface area contributed by atoms with Gasteiger partial charge in [0.2, 0.25) is 0 Å². The van der Waals surface area contributed by atoms with Crippen molar-refractivity contribution in [3.05, 3.63) is 188 Å². The van der Waals surface area contributed by atoms with E-state index in [4.69, 9.17) is 31.9 Å². The normalized spacial score (nSPS) is 12.4. The number of hydrogen-bond acceptors (Lipinski definition) is 15. The van der Waals surface area contributed by atoms with E-state index in [-0.39, 0.29) is 60.4 Å². The predicted molar refractivity (Wildman–Crippen MR) is 365 cm³/mol. The van der Waals surface area contributed by atoms with Gasteiger partial charge in [-0.25, -0.2) is 40.8 Å². The number of fused-ring (bicyclic) bond motifs is 2. The molecule has 4 aromatic heterocycles. The van der Waals surface area contributed by atoms with Gasteiger partial charge in [0, 0.05) is 50.9 Å². The lowest BCUT2D eigenvalue weighted by Crippen LogP contribution is -2.42. The van der Waals surface area contributed by atoms with Crippen LogP contribution in [0.4, 0.5) is 8.78 Å². The molecule has 486 valence electrons. The average molecular weight is 1550 g/mol. The van der Waals surface area contributed by atoms with E-state index in [2.05, 4.69) is 30.5 Å². The Kier molecular flexibility index (Phi) is 28.0. The SMILES string of the molecule is CC.CC#N.CCN(CC)CC.CNCl.Cc1c(O)c2c(=O)n(C3CC3)c(=O)n(-c3ccc(I)cc3F)c2n(C)c1=O.Cc1ccc(S(=O)(=O)Cl)cc1.Cc1ccc(S(=O)(=O)Oc2c(C)c(=O)n(C)c3c2c(=O)n(C2CC2)c(=O)n3-c2ccc(I)cc2F)cc1. The molecule has 0 unspecified atom stereocenters. The molecule has 0 amide bonds. The van der Waals surface area contributed by atoms with Crippen LogP contribution >= 0.6 is 67.6 Å². The Morgan fingerprint density at radius 1 is 0.644 bits per heavy atom. The summed E-state index contributed by atoms with van der Waals surface area (Å²) in [7, 11) is 1.43. The van der Waals surface area contributed by atoms with Crippen molar-refractivity contribution in [2.75, 3.05) is 26.7 Å². The Morgan fingerprint density at radius 3 is 1.32 bits per heavy atom. The smallest absolute Gasteiger partial charge is 0.339 e. The average Bonchev–Trinajstić information content (AvgIpc) is 0.836. The minimum atomic E-state index is -4.47. The molecule has 0 radical (unpaired) electrons. The highest BCUT2D eigenvalue weighted by Gasteiger charge is 2.35. The molecule has 2 N–H and O–H groups in total. The number of aryl methyl sites for hydroxylation is 4. The van der Waals surface area contributed by atoms with E-state index < -0.39 is 82.0 Å². The zero-order chi connectivity index (χ0) is 68.0. The fraction of sp³-hybridized carbons (Fsp3) is 0.361. The maximum Gasteiger partial charge on any atom is 0.339 e. The fourth-order valence-corrected chi connectivity index (χ4v) is 11.6. The summed E-state index contributed by atoms with van der Waals surface area (Å²) in [4.78, 5) is 83.7. The number of pyridine rings is 2. The lowest BCUT2D eigenvalue weighted by atomic mass is 10.2. The van der Waals surface area contributed by atoms with Gasteiger partial charge < -0.3 is 14.2 Å². The van der Waals surface area contributed by atoms with Crippen molar-refractivity contribution in [3.63, 3.8) is 0 Å². The van der Waals surface area contributed by atoms with Gasteiger partial charge in [0.1, 0.15) is 44.3 Å². The van der Waals surface area contributed by atoms with Gasteiger partial charge in [-0.15, -0.1) is 0 Å². The molecule has 90 heavy (non-hydrogen) atoms. The zero-order valence-corrected chi connectivity index (χ0v) is 59.2. The lowest BCUT2D eigenvalue weighted by Gasteiger charge is -2.20. The highest BCUT2D eigenvalue weighted by Crippen LogP contribution is 2.36. The molecule has 2 fully saturated rings. The molecule has 4 aromatic carbocycles. The van der Waals surface area contributed by atoms with E-state index in [1.807, 2.05) is 66.0 Å². The van der Waals surface area contributed by atoms with Crippen molar-refractivity contribution in [2.24, 2.45) is 14.1 Å². The molecule has 29 heteroatoms. The summed E-state index contributed by atoms with van der Waals surface area (Å²) >= 11 is 8.61. The van der Waals surface area contributed by atoms with Crippen molar-refractivity contribution in [1.82, 2.24) is 37.1 Å². The van der Waals surface area contributed by atoms with Crippen LogP contribution < -0.4 is 42.6 Å². The van der Waals surface area contributed by atoms with E-state index in [1.165, 1.54) is 103 Å². The van der Waals surface area contributed by atoms with E-state index in [0.29, 0.717) is 32.8 Å². The second-order valence-corrected chi connectivity index (χ2v) is 26.9. The van der Waals surface area contributed by atoms with Crippen LogP contribution in [0, 0.1) is 57.8 Å². The fourth-order valence-electron chi connectivity index (χ4n) is 8.94. The first-order valence-corrected chi connectivity index (χ1v) is 34.3. The van der Waals surface area contributed by atoms with Crippen LogP contribution in [-0.2, 0) is 33.3 Å². The molecule has 0 aliphatic heterocycles. The van der Waals surface area contributed by atoms with Crippen molar-refractivity contribution in [3.8, 4) is 28.9 Å². The van der Waals surface area contributed by atoms with Gasteiger partial charge in [0.15, 0.2) is 5.75 Å². The molecule has 21 nitrogen and oxygen atoms in total. The van der Waals surface area contributed by atoms with Gasteiger partial charge in [-0.3, -0.25) is 37.4 Å². The number of hydrogen-bond donors (Lipinski definition) is 2. The number of aromatic nitrogens is 6. The first-order valence-electron chi connectivity index (χ1n) is 28.1. The minimum absolute atomic E-state index is 0.00210. The Balaban J connectivity index is 0.000000282. The second kappa shape index (κ2) is 33.2. The zero-order valence-electron chi connectivity index (χ0n) is 51.8. The highest BCUT2D eigenvalue weighted by atomic mass is 127. The van der Waals surface area contributed by atoms with Crippen molar-refractivity contribution < 1.29 is 34.9 Å². The number of halogens is 6. The summed E-state index contributed by atoms with van der Waals surface area (Å²) in [5.41, 5.74) is -3.28. The summed E-state index contributed by atoms with van der Waals surface area (Å²) in [5.74, 6) is -2.39. The molecule has 8 aromatic rings. The van der Waals surface area contributed by atoms with E-state index in [9.17, 15) is 55.1 Å². The van der Waals surface area contributed by atoms with Gasteiger partial charge in [0.25, 0.3) is 31.3 Å². The Bertz CT molecular complexity index is 4570. The molecule has 0 spiro atoms. The third kappa shape index (κ3) is 17.7. The van der Waals surface area contributed by atoms with Gasteiger partial charge in [-0.2, -0.15) is 13.7 Å². The largest absolute Gasteiger partial charge is 0.506 e. The van der Waals surface area contributed by atoms with Gasteiger partial charge in [-0.05, 0) is 198 Å². The van der Waals surface area contributed by atoms with Crippen LogP contribution in [-0.4, -0.2) is 80.9 Å². The number of nitriles is 1. The maximum atomic E-state index is 15.2. The van der Waals surface area contributed by atoms with Crippen LogP contribution in [0.2, 0.25) is 0 Å². The third-order valence-electron chi connectivity index (χ3n) is 13.8. The molecule has 0 atom stereocenters. The first kappa shape index (κ1) is 75.9. The summed E-state index contributed by atoms with van der Waals surface area (Å²) in [5, 5.41) is 17.4. The van der Waals surface area contributed by atoms with Gasteiger partial charge >= 0.3 is 21.5 Å². The first-order chi connectivity index (χ1) is 42.3. The van der Waals surface area contributed by atoms with Gasteiger partial charge in [0.05, 0.1) is 33.5 Å². The Morgan fingerprint density at radius 2 is 0.989 bits per heavy atom. The van der Waals surface area contributed by atoms with Crippen molar-refractivity contribution in [1.29, 1.82) is 5.26 Å². The molecule has 0 saturated heterocycles. The summed E-state index contributed by atoms with van der Waals surface area (Å²) < 4.78 is 90.4.